The highest BCUT2D eigenvalue weighted by Gasteiger charge is 2.32. The van der Waals surface area contributed by atoms with Gasteiger partial charge in [0.15, 0.2) is 0 Å². The Morgan fingerprint density at radius 3 is 2.36 bits per heavy atom. The van der Waals surface area contributed by atoms with E-state index in [4.69, 9.17) is 10.5 Å². The van der Waals surface area contributed by atoms with Gasteiger partial charge in [0.25, 0.3) is 0 Å². The largest absolute Gasteiger partial charge is 0.401 e. The fourth-order valence-corrected chi connectivity index (χ4v) is 1.20. The summed E-state index contributed by atoms with van der Waals surface area (Å²) in [4.78, 5) is 1.27. The van der Waals surface area contributed by atoms with Gasteiger partial charge in [-0.25, -0.2) is 0 Å². The molecule has 1 unspecified atom stereocenters. The van der Waals surface area contributed by atoms with Crippen LogP contribution in [-0.2, 0) is 4.74 Å². The van der Waals surface area contributed by atoms with E-state index in [2.05, 4.69) is 0 Å². The van der Waals surface area contributed by atoms with Gasteiger partial charge >= 0.3 is 6.18 Å². The van der Waals surface area contributed by atoms with E-state index < -0.39 is 12.7 Å². The van der Waals surface area contributed by atoms with Gasteiger partial charge in [0.1, 0.15) is 0 Å². The number of nitrogens with zero attached hydrogens (tertiary/aromatic N) is 1. The van der Waals surface area contributed by atoms with Crippen LogP contribution in [0.5, 0.6) is 0 Å². The number of rotatable bonds is 6. The van der Waals surface area contributed by atoms with Gasteiger partial charge in [-0.05, 0) is 6.92 Å². The third-order valence-electron chi connectivity index (χ3n) is 1.83. The van der Waals surface area contributed by atoms with Gasteiger partial charge < -0.3 is 10.5 Å². The minimum Gasteiger partial charge on any atom is -0.383 e. The third-order valence-corrected chi connectivity index (χ3v) is 1.83. The molecule has 0 radical (unpaired) electrons. The maximum Gasteiger partial charge on any atom is 0.401 e. The van der Waals surface area contributed by atoms with Gasteiger partial charge in [-0.3, -0.25) is 4.90 Å². The van der Waals surface area contributed by atoms with Crippen molar-refractivity contribution in [3.8, 4) is 0 Å². The monoisotopic (exact) mass is 214 g/mol. The molecule has 0 aromatic rings. The molecule has 0 saturated heterocycles. The average Bonchev–Trinajstić information content (AvgIpc) is 2.01. The predicted octanol–water partition coefficient (Wildman–Crippen LogP) is 0.844. The summed E-state index contributed by atoms with van der Waals surface area (Å²) >= 11 is 0. The van der Waals surface area contributed by atoms with Crippen LogP contribution >= 0.6 is 0 Å². The molecule has 3 nitrogen and oxygen atoms in total. The lowest BCUT2D eigenvalue weighted by atomic mass is 10.3. The fraction of sp³-hybridized carbons (Fsp3) is 1.00. The second-order valence-electron chi connectivity index (χ2n) is 3.18. The van der Waals surface area contributed by atoms with Crippen molar-refractivity contribution in [3.63, 3.8) is 0 Å². The topological polar surface area (TPSA) is 38.5 Å². The summed E-state index contributed by atoms with van der Waals surface area (Å²) in [5, 5.41) is 0. The molecule has 14 heavy (non-hydrogen) atoms. The summed E-state index contributed by atoms with van der Waals surface area (Å²) in [5.74, 6) is 0. The molecule has 0 fully saturated rings. The van der Waals surface area contributed by atoms with E-state index >= 15 is 0 Å². The molecular formula is C8H17F3N2O. The van der Waals surface area contributed by atoms with Crippen molar-refractivity contribution in [2.45, 2.75) is 19.1 Å². The van der Waals surface area contributed by atoms with Crippen LogP contribution in [0, 0.1) is 0 Å². The zero-order valence-corrected chi connectivity index (χ0v) is 8.47. The molecule has 0 aliphatic heterocycles. The van der Waals surface area contributed by atoms with Crippen LogP contribution in [0.15, 0.2) is 0 Å². The first-order valence-electron chi connectivity index (χ1n) is 4.40. The van der Waals surface area contributed by atoms with Crippen LogP contribution in [-0.4, -0.2) is 50.5 Å². The molecule has 0 saturated carbocycles. The van der Waals surface area contributed by atoms with Crippen LogP contribution in [0.2, 0.25) is 0 Å². The lowest BCUT2D eigenvalue weighted by molar-refractivity contribution is -0.151. The Morgan fingerprint density at radius 2 is 2.00 bits per heavy atom. The van der Waals surface area contributed by atoms with Crippen molar-refractivity contribution >= 4 is 0 Å². The number of methoxy groups -OCH3 is 1. The zero-order chi connectivity index (χ0) is 11.2. The first-order chi connectivity index (χ1) is 6.40. The summed E-state index contributed by atoms with van der Waals surface area (Å²) in [6.07, 6.45) is -4.18. The molecule has 0 aromatic heterocycles. The average molecular weight is 214 g/mol. The van der Waals surface area contributed by atoms with Gasteiger partial charge in [0.2, 0.25) is 0 Å². The van der Waals surface area contributed by atoms with Crippen LogP contribution in [0.25, 0.3) is 0 Å². The number of hydrogen-bond donors (Lipinski definition) is 1. The highest BCUT2D eigenvalue weighted by atomic mass is 19.4. The van der Waals surface area contributed by atoms with E-state index in [1.807, 2.05) is 0 Å². The summed E-state index contributed by atoms with van der Waals surface area (Å²) in [7, 11) is 1.46. The van der Waals surface area contributed by atoms with E-state index in [0.29, 0.717) is 0 Å². The summed E-state index contributed by atoms with van der Waals surface area (Å²) in [5.41, 5.74) is 5.23. The first-order valence-corrected chi connectivity index (χ1v) is 4.40. The van der Waals surface area contributed by atoms with E-state index in [1.54, 1.807) is 6.92 Å². The minimum absolute atomic E-state index is 0.212. The maximum absolute atomic E-state index is 12.1. The quantitative estimate of drug-likeness (QED) is 0.712. The number of halogens is 3. The fourth-order valence-electron chi connectivity index (χ4n) is 1.20. The second kappa shape index (κ2) is 6.21. The standard InChI is InChI=1S/C8H17F3N2O/c1-7(5-14-2)13(4-3-12)6-8(9,10)11/h7H,3-6,12H2,1-2H3. The predicted molar refractivity (Wildman–Crippen MR) is 48.0 cm³/mol. The number of nitrogens with two attached hydrogens (primary N) is 1. The Hall–Kier alpha value is -0.330. The van der Waals surface area contributed by atoms with Crippen LogP contribution < -0.4 is 5.73 Å². The molecule has 0 aromatic carbocycles. The van der Waals surface area contributed by atoms with E-state index in [-0.39, 0.29) is 25.7 Å². The van der Waals surface area contributed by atoms with Crippen molar-refractivity contribution < 1.29 is 17.9 Å². The van der Waals surface area contributed by atoms with Crippen LogP contribution in [0.4, 0.5) is 13.2 Å². The molecule has 6 heteroatoms. The number of alkyl halides is 3. The minimum atomic E-state index is -4.18. The molecule has 0 rings (SSSR count). The molecule has 2 N–H and O–H groups in total. The Bertz CT molecular complexity index is 152. The van der Waals surface area contributed by atoms with Crippen molar-refractivity contribution in [2.24, 2.45) is 5.73 Å². The summed E-state index contributed by atoms with van der Waals surface area (Å²) in [6.45, 7) is 1.46. The van der Waals surface area contributed by atoms with E-state index in [9.17, 15) is 13.2 Å². The molecule has 0 heterocycles. The molecule has 86 valence electrons. The molecule has 0 aliphatic rings. The molecule has 0 amide bonds. The third kappa shape index (κ3) is 6.17. The van der Waals surface area contributed by atoms with Gasteiger partial charge in [-0.15, -0.1) is 0 Å². The van der Waals surface area contributed by atoms with Crippen molar-refractivity contribution in [1.82, 2.24) is 4.90 Å². The van der Waals surface area contributed by atoms with Crippen molar-refractivity contribution in [2.75, 3.05) is 33.4 Å². The molecule has 0 bridgehead atoms. The van der Waals surface area contributed by atoms with Gasteiger partial charge in [0.05, 0.1) is 13.2 Å². The van der Waals surface area contributed by atoms with Crippen LogP contribution in [0.1, 0.15) is 6.92 Å². The van der Waals surface area contributed by atoms with Gasteiger partial charge in [-0.1, -0.05) is 0 Å². The maximum atomic E-state index is 12.1. The zero-order valence-electron chi connectivity index (χ0n) is 8.47. The Labute approximate surface area is 82.0 Å². The van der Waals surface area contributed by atoms with E-state index in [1.165, 1.54) is 12.0 Å². The second-order valence-corrected chi connectivity index (χ2v) is 3.18. The highest BCUT2D eigenvalue weighted by Crippen LogP contribution is 2.17. The summed E-state index contributed by atoms with van der Waals surface area (Å²) < 4.78 is 41.1. The number of ether oxygens (including phenoxy) is 1. The summed E-state index contributed by atoms with van der Waals surface area (Å²) in [6, 6.07) is -0.273. The number of hydrogen-bond acceptors (Lipinski definition) is 3. The normalized spacial score (nSPS) is 14.8. The highest BCUT2D eigenvalue weighted by molar-refractivity contribution is 4.70. The molecule has 1 atom stereocenters. The smallest absolute Gasteiger partial charge is 0.383 e. The van der Waals surface area contributed by atoms with Crippen molar-refractivity contribution in [3.05, 3.63) is 0 Å². The van der Waals surface area contributed by atoms with Crippen molar-refractivity contribution in [1.29, 1.82) is 0 Å². The lowest BCUT2D eigenvalue weighted by Crippen LogP contribution is -2.44. The lowest BCUT2D eigenvalue weighted by Gasteiger charge is -2.28. The SMILES string of the molecule is COCC(C)N(CCN)CC(F)(F)F. The first kappa shape index (κ1) is 13.7. The van der Waals surface area contributed by atoms with Crippen LogP contribution in [0.3, 0.4) is 0 Å². The van der Waals surface area contributed by atoms with Gasteiger partial charge in [0, 0.05) is 26.2 Å². The Morgan fingerprint density at radius 1 is 1.43 bits per heavy atom. The van der Waals surface area contributed by atoms with E-state index in [0.717, 1.165) is 0 Å². The molecule has 0 spiro atoms. The molecular weight excluding hydrogens is 197 g/mol. The Balaban J connectivity index is 4.13. The Kier molecular flexibility index (Phi) is 6.06. The van der Waals surface area contributed by atoms with Gasteiger partial charge in [-0.2, -0.15) is 13.2 Å². The molecule has 0 aliphatic carbocycles.